The number of amides is 1. The molecule has 0 bridgehead atoms. The lowest BCUT2D eigenvalue weighted by Crippen LogP contribution is -2.46. The molecular weight excluding hydrogens is 243 g/mol. The van der Waals surface area contributed by atoms with E-state index in [0.29, 0.717) is 0 Å². The Kier molecular flexibility index (Phi) is 2.28. The van der Waals surface area contributed by atoms with Gasteiger partial charge in [-0.3, -0.25) is 4.79 Å². The Hall–Kier alpha value is -1.42. The van der Waals surface area contributed by atoms with E-state index in [1.807, 2.05) is 4.90 Å². The molecular formula is C15H17FN2O. The molecule has 1 saturated heterocycles. The number of anilines is 1. The summed E-state index contributed by atoms with van der Waals surface area (Å²) in [6.45, 7) is 1.91. The number of halogens is 1. The van der Waals surface area contributed by atoms with Crippen molar-refractivity contribution in [1.29, 1.82) is 0 Å². The number of rotatable bonds is 1. The molecule has 1 spiro atoms. The maximum atomic E-state index is 13.5. The van der Waals surface area contributed by atoms with Gasteiger partial charge in [-0.2, -0.15) is 0 Å². The number of hydrogen-bond acceptors (Lipinski definition) is 2. The van der Waals surface area contributed by atoms with Crippen LogP contribution in [0.2, 0.25) is 0 Å². The van der Waals surface area contributed by atoms with Gasteiger partial charge in [0.25, 0.3) is 0 Å². The fourth-order valence-corrected chi connectivity index (χ4v) is 3.59. The van der Waals surface area contributed by atoms with Crippen molar-refractivity contribution >= 4 is 11.6 Å². The molecule has 0 aromatic heterocycles. The van der Waals surface area contributed by atoms with E-state index in [4.69, 9.17) is 0 Å². The van der Waals surface area contributed by atoms with Gasteiger partial charge >= 0.3 is 0 Å². The molecule has 3 nitrogen and oxygen atoms in total. The molecule has 2 fully saturated rings. The molecule has 2 aliphatic heterocycles. The van der Waals surface area contributed by atoms with Gasteiger partial charge in [-0.05, 0) is 62.5 Å². The summed E-state index contributed by atoms with van der Waals surface area (Å²) in [5.41, 5.74) is 1.51. The predicted molar refractivity (Wildman–Crippen MR) is 70.7 cm³/mol. The van der Waals surface area contributed by atoms with Gasteiger partial charge in [-0.25, -0.2) is 4.39 Å². The summed E-state index contributed by atoms with van der Waals surface area (Å²) in [5.74, 6) is -0.0232. The summed E-state index contributed by atoms with van der Waals surface area (Å²) in [6, 6.07) is 5.11. The number of nitrogens with one attached hydrogen (secondary N) is 1. The average molecular weight is 260 g/mol. The summed E-state index contributed by atoms with van der Waals surface area (Å²) in [5, 5.41) is 3.32. The number of nitrogens with zero attached hydrogens (tertiary/aromatic N) is 1. The lowest BCUT2D eigenvalue weighted by molar-refractivity contribution is -0.120. The fraction of sp³-hybridized carbons (Fsp3) is 0.533. The first-order valence-corrected chi connectivity index (χ1v) is 7.07. The maximum absolute atomic E-state index is 13.5. The molecule has 1 N–H and O–H groups in total. The lowest BCUT2D eigenvalue weighted by atomic mass is 9.98. The number of benzene rings is 1. The molecule has 19 heavy (non-hydrogen) atoms. The lowest BCUT2D eigenvalue weighted by Gasteiger charge is -2.32. The Morgan fingerprint density at radius 1 is 1.26 bits per heavy atom. The highest BCUT2D eigenvalue weighted by molar-refractivity contribution is 6.10. The highest BCUT2D eigenvalue weighted by atomic mass is 19.1. The smallest absolute Gasteiger partial charge is 0.237 e. The van der Waals surface area contributed by atoms with E-state index in [0.717, 1.165) is 50.0 Å². The van der Waals surface area contributed by atoms with Crippen LogP contribution in [-0.2, 0) is 10.2 Å². The van der Waals surface area contributed by atoms with E-state index in [1.165, 1.54) is 6.07 Å². The number of carbonyl (C=O) groups excluding carboxylic acids is 1. The van der Waals surface area contributed by atoms with Crippen LogP contribution in [-0.4, -0.2) is 25.0 Å². The third kappa shape index (κ3) is 1.49. The van der Waals surface area contributed by atoms with Crippen molar-refractivity contribution in [1.82, 2.24) is 5.32 Å². The van der Waals surface area contributed by atoms with Crippen molar-refractivity contribution in [2.45, 2.75) is 37.1 Å². The van der Waals surface area contributed by atoms with Crippen LogP contribution in [0.1, 0.15) is 31.2 Å². The van der Waals surface area contributed by atoms with Gasteiger partial charge in [-0.1, -0.05) is 0 Å². The molecule has 3 aliphatic rings. The zero-order valence-corrected chi connectivity index (χ0v) is 10.8. The molecule has 1 saturated carbocycles. The molecule has 1 aliphatic carbocycles. The first kappa shape index (κ1) is 11.4. The van der Waals surface area contributed by atoms with Crippen LogP contribution < -0.4 is 10.2 Å². The van der Waals surface area contributed by atoms with Crippen LogP contribution in [0.4, 0.5) is 10.1 Å². The predicted octanol–water partition coefficient (Wildman–Crippen LogP) is 1.96. The van der Waals surface area contributed by atoms with E-state index in [1.54, 1.807) is 12.1 Å². The zero-order valence-electron chi connectivity index (χ0n) is 10.8. The first-order chi connectivity index (χ1) is 9.22. The summed E-state index contributed by atoms with van der Waals surface area (Å²) < 4.78 is 13.5. The van der Waals surface area contributed by atoms with Crippen molar-refractivity contribution in [2.24, 2.45) is 0 Å². The quantitative estimate of drug-likeness (QED) is 0.837. The van der Waals surface area contributed by atoms with E-state index in [2.05, 4.69) is 5.32 Å². The number of hydrogen-bond donors (Lipinski definition) is 1. The highest BCUT2D eigenvalue weighted by Crippen LogP contribution is 2.58. The SMILES string of the molecule is O=C1N(C2CCNCC2)c2ccc(F)cc2C12CC2. The van der Waals surface area contributed by atoms with Crippen LogP contribution in [0.3, 0.4) is 0 Å². The van der Waals surface area contributed by atoms with Crippen molar-refractivity contribution in [3.63, 3.8) is 0 Å². The van der Waals surface area contributed by atoms with Gasteiger partial charge in [0.05, 0.1) is 5.41 Å². The van der Waals surface area contributed by atoms with E-state index in [9.17, 15) is 9.18 Å². The van der Waals surface area contributed by atoms with Gasteiger partial charge in [-0.15, -0.1) is 0 Å². The normalized spacial score (nSPS) is 24.9. The Labute approximate surface area is 111 Å². The molecule has 4 heteroatoms. The Morgan fingerprint density at radius 3 is 2.68 bits per heavy atom. The van der Waals surface area contributed by atoms with Crippen LogP contribution in [0.15, 0.2) is 18.2 Å². The molecule has 1 aromatic rings. The molecule has 1 aromatic carbocycles. The topological polar surface area (TPSA) is 32.3 Å². The molecule has 0 unspecified atom stereocenters. The average Bonchev–Trinajstić information content (AvgIpc) is 3.19. The summed E-state index contributed by atoms with van der Waals surface area (Å²) in [7, 11) is 0. The standard InChI is InChI=1S/C15H17FN2O/c16-10-1-2-13-12(9-10)15(5-6-15)14(19)18(13)11-3-7-17-8-4-11/h1-2,9,11,17H,3-8H2. The molecule has 4 rings (SSSR count). The van der Waals surface area contributed by atoms with E-state index >= 15 is 0 Å². The highest BCUT2D eigenvalue weighted by Gasteiger charge is 2.60. The van der Waals surface area contributed by atoms with Crippen molar-refractivity contribution in [2.75, 3.05) is 18.0 Å². The molecule has 2 heterocycles. The van der Waals surface area contributed by atoms with Crippen LogP contribution >= 0.6 is 0 Å². The largest absolute Gasteiger partial charge is 0.317 e. The van der Waals surface area contributed by atoms with Gasteiger partial charge in [0.2, 0.25) is 5.91 Å². The second-order valence-electron chi connectivity index (χ2n) is 5.90. The monoisotopic (exact) mass is 260 g/mol. The van der Waals surface area contributed by atoms with Crippen LogP contribution in [0.5, 0.6) is 0 Å². The molecule has 0 atom stereocenters. The minimum atomic E-state index is -0.373. The van der Waals surface area contributed by atoms with E-state index in [-0.39, 0.29) is 23.2 Å². The summed E-state index contributed by atoms with van der Waals surface area (Å²) in [4.78, 5) is 14.7. The van der Waals surface area contributed by atoms with Gasteiger partial charge in [0.1, 0.15) is 5.82 Å². The second-order valence-corrected chi connectivity index (χ2v) is 5.90. The zero-order chi connectivity index (χ0) is 13.0. The molecule has 1 amide bonds. The minimum Gasteiger partial charge on any atom is -0.317 e. The van der Waals surface area contributed by atoms with E-state index < -0.39 is 0 Å². The molecule has 100 valence electrons. The second kappa shape index (κ2) is 3.79. The van der Waals surface area contributed by atoms with Gasteiger partial charge < -0.3 is 10.2 Å². The fourth-order valence-electron chi connectivity index (χ4n) is 3.59. The van der Waals surface area contributed by atoms with Crippen molar-refractivity contribution < 1.29 is 9.18 Å². The maximum Gasteiger partial charge on any atom is 0.237 e. The number of fused-ring (bicyclic) bond motifs is 2. The third-order valence-electron chi connectivity index (χ3n) is 4.79. The Morgan fingerprint density at radius 2 is 2.00 bits per heavy atom. The minimum absolute atomic E-state index is 0.208. The van der Waals surface area contributed by atoms with Crippen LogP contribution in [0.25, 0.3) is 0 Å². The number of carbonyl (C=O) groups is 1. The third-order valence-corrected chi connectivity index (χ3v) is 4.79. The molecule has 0 radical (unpaired) electrons. The van der Waals surface area contributed by atoms with Crippen LogP contribution in [0, 0.1) is 5.82 Å². The summed E-state index contributed by atoms with van der Waals surface area (Å²) >= 11 is 0. The van der Waals surface area contributed by atoms with Crippen molar-refractivity contribution in [3.05, 3.63) is 29.6 Å². The first-order valence-electron chi connectivity index (χ1n) is 7.07. The number of piperidine rings is 1. The van der Waals surface area contributed by atoms with Gasteiger partial charge in [0, 0.05) is 11.7 Å². The Balaban J connectivity index is 1.79. The van der Waals surface area contributed by atoms with Crippen molar-refractivity contribution in [3.8, 4) is 0 Å². The summed E-state index contributed by atoms with van der Waals surface area (Å²) in [6.07, 6.45) is 3.73. The van der Waals surface area contributed by atoms with Gasteiger partial charge in [0.15, 0.2) is 0 Å². The Bertz CT molecular complexity index is 547.